The minimum Gasteiger partial charge on any atom is -0.391 e. The maximum absolute atomic E-state index is 11.6. The lowest BCUT2D eigenvalue weighted by Gasteiger charge is -2.50. The van der Waals surface area contributed by atoms with E-state index >= 15 is 0 Å². The van der Waals surface area contributed by atoms with Crippen LogP contribution in [0.2, 0.25) is 0 Å². The van der Waals surface area contributed by atoms with Crippen molar-refractivity contribution in [3.05, 3.63) is 35.9 Å². The van der Waals surface area contributed by atoms with E-state index in [1.807, 2.05) is 6.07 Å². The van der Waals surface area contributed by atoms with Crippen molar-refractivity contribution in [1.82, 2.24) is 4.90 Å². The average Bonchev–Trinajstić information content (AvgIpc) is 3.21. The Balaban J connectivity index is 1.64. The molecule has 31 heavy (non-hydrogen) atoms. The third-order valence-corrected chi connectivity index (χ3v) is 6.80. The number of aliphatic imine (C=N–C) groups is 1. The highest BCUT2D eigenvalue weighted by atomic mass is 16.6. The third kappa shape index (κ3) is 3.89. The molecule has 1 saturated heterocycles. The van der Waals surface area contributed by atoms with Crippen LogP contribution in [0.5, 0.6) is 0 Å². The molecule has 3 aliphatic rings. The predicted molar refractivity (Wildman–Crippen MR) is 111 cm³/mol. The zero-order valence-corrected chi connectivity index (χ0v) is 17.7. The molecule has 0 amide bonds. The number of aliphatic hydroxyl groups excluding tert-OH is 4. The van der Waals surface area contributed by atoms with Crippen molar-refractivity contribution in [3.63, 3.8) is 0 Å². The minimum atomic E-state index is -1.80. The molecule has 172 valence electrons. The number of hydrogen-bond donors (Lipinski definition) is 5. The van der Waals surface area contributed by atoms with E-state index in [9.17, 15) is 25.5 Å². The fraction of sp³-hybridized carbons (Fsp3) is 0.682. The molecule has 1 saturated carbocycles. The monoisotopic (exact) mass is 436 g/mol. The van der Waals surface area contributed by atoms with Crippen molar-refractivity contribution < 1.29 is 35.0 Å². The lowest BCUT2D eigenvalue weighted by molar-refractivity contribution is -0.282. The summed E-state index contributed by atoms with van der Waals surface area (Å²) in [5.74, 6) is -2.63. The SMILES string of the molecule is CCOC(O)(c1ccccc1)C1CC(O)C2N=CN(C3CC(O)C(O)C(C)O3)C2C1O. The summed E-state index contributed by atoms with van der Waals surface area (Å²) in [6.07, 6.45) is -3.48. The quantitative estimate of drug-likeness (QED) is 0.392. The van der Waals surface area contributed by atoms with E-state index in [4.69, 9.17) is 9.47 Å². The Bertz CT molecular complexity index is 768. The van der Waals surface area contributed by atoms with Gasteiger partial charge in [-0.3, -0.25) is 4.99 Å². The van der Waals surface area contributed by atoms with Crippen LogP contribution in [0.1, 0.15) is 32.3 Å². The molecule has 4 rings (SSSR count). The Labute approximate surface area is 181 Å². The molecule has 2 heterocycles. The Hall–Kier alpha value is -1.59. The van der Waals surface area contributed by atoms with Gasteiger partial charge in [-0.1, -0.05) is 30.3 Å². The van der Waals surface area contributed by atoms with Gasteiger partial charge in [0.1, 0.15) is 18.4 Å². The van der Waals surface area contributed by atoms with E-state index in [1.54, 1.807) is 43.0 Å². The van der Waals surface area contributed by atoms with Crippen LogP contribution in [0, 0.1) is 5.92 Å². The van der Waals surface area contributed by atoms with Crippen LogP contribution in [-0.4, -0.2) is 92.2 Å². The highest BCUT2D eigenvalue weighted by Crippen LogP contribution is 2.44. The van der Waals surface area contributed by atoms with Crippen molar-refractivity contribution in [2.24, 2.45) is 10.9 Å². The summed E-state index contributed by atoms with van der Waals surface area (Å²) in [6, 6.07) is 7.57. The summed E-state index contributed by atoms with van der Waals surface area (Å²) < 4.78 is 11.6. The van der Waals surface area contributed by atoms with E-state index in [0.717, 1.165) is 0 Å². The van der Waals surface area contributed by atoms with Crippen LogP contribution in [0.3, 0.4) is 0 Å². The van der Waals surface area contributed by atoms with Gasteiger partial charge in [0.15, 0.2) is 5.79 Å². The molecular formula is C22H32N2O7. The van der Waals surface area contributed by atoms with Gasteiger partial charge < -0.3 is 39.9 Å². The molecule has 10 unspecified atom stereocenters. The van der Waals surface area contributed by atoms with Crippen molar-refractivity contribution in [2.45, 2.75) is 81.3 Å². The van der Waals surface area contributed by atoms with Crippen molar-refractivity contribution >= 4 is 6.34 Å². The largest absolute Gasteiger partial charge is 0.391 e. The second kappa shape index (κ2) is 8.74. The Kier molecular flexibility index (Phi) is 6.37. The van der Waals surface area contributed by atoms with Crippen molar-refractivity contribution in [3.8, 4) is 0 Å². The molecule has 1 aromatic carbocycles. The van der Waals surface area contributed by atoms with Gasteiger partial charge >= 0.3 is 0 Å². The molecule has 1 aromatic rings. The standard InChI is InChI=1S/C22H32N2O7/c1-3-30-22(29,13-7-5-4-6-8-13)14-9-15(25)18-19(21(14)28)24(11-23-18)17-10-16(26)20(27)12(2)31-17/h4-8,11-12,14-21,25-29H,3,9-10H2,1-2H3. The maximum atomic E-state index is 11.6. The first-order valence-electron chi connectivity index (χ1n) is 10.9. The van der Waals surface area contributed by atoms with Gasteiger partial charge in [-0.15, -0.1) is 0 Å². The highest BCUT2D eigenvalue weighted by Gasteiger charge is 2.57. The number of benzene rings is 1. The van der Waals surface area contributed by atoms with Crippen LogP contribution in [0.25, 0.3) is 0 Å². The molecule has 5 N–H and O–H groups in total. The lowest BCUT2D eigenvalue weighted by Crippen LogP contribution is -2.64. The normalized spacial score (nSPS) is 42.3. The second-order valence-electron chi connectivity index (χ2n) is 8.68. The van der Waals surface area contributed by atoms with Crippen LogP contribution in [0.4, 0.5) is 0 Å². The number of fused-ring (bicyclic) bond motifs is 1. The fourth-order valence-electron chi connectivity index (χ4n) is 5.17. The van der Waals surface area contributed by atoms with Gasteiger partial charge in [0.25, 0.3) is 0 Å². The molecule has 0 bridgehead atoms. The van der Waals surface area contributed by atoms with E-state index in [0.29, 0.717) is 5.56 Å². The van der Waals surface area contributed by atoms with Crippen molar-refractivity contribution in [2.75, 3.05) is 6.61 Å². The number of nitrogens with zero attached hydrogens (tertiary/aromatic N) is 2. The first-order chi connectivity index (χ1) is 14.8. The number of aliphatic hydroxyl groups is 5. The molecule has 2 aliphatic heterocycles. The molecule has 10 atom stereocenters. The summed E-state index contributed by atoms with van der Waals surface area (Å²) in [5, 5.41) is 54.1. The number of hydrogen-bond acceptors (Lipinski definition) is 9. The molecule has 1 aliphatic carbocycles. The second-order valence-corrected chi connectivity index (χ2v) is 8.68. The van der Waals surface area contributed by atoms with E-state index in [-0.39, 0.29) is 19.4 Å². The highest BCUT2D eigenvalue weighted by molar-refractivity contribution is 5.60. The van der Waals surface area contributed by atoms with Gasteiger partial charge in [-0.25, -0.2) is 0 Å². The molecule has 0 radical (unpaired) electrons. The van der Waals surface area contributed by atoms with E-state index in [2.05, 4.69) is 4.99 Å². The molecule has 2 fully saturated rings. The van der Waals surface area contributed by atoms with Gasteiger partial charge in [0.05, 0.1) is 36.8 Å². The molecule has 0 spiro atoms. The molecular weight excluding hydrogens is 404 g/mol. The van der Waals surface area contributed by atoms with E-state index in [1.165, 1.54) is 6.34 Å². The van der Waals surface area contributed by atoms with Crippen LogP contribution < -0.4 is 0 Å². The fourth-order valence-corrected chi connectivity index (χ4v) is 5.17. The average molecular weight is 437 g/mol. The number of rotatable bonds is 5. The van der Waals surface area contributed by atoms with Crippen LogP contribution in [0.15, 0.2) is 35.3 Å². The Morgan fingerprint density at radius 3 is 2.45 bits per heavy atom. The minimum absolute atomic E-state index is 0.0994. The lowest BCUT2D eigenvalue weighted by atomic mass is 9.72. The summed E-state index contributed by atoms with van der Waals surface area (Å²) >= 11 is 0. The van der Waals surface area contributed by atoms with Gasteiger partial charge in [-0.2, -0.15) is 0 Å². The smallest absolute Gasteiger partial charge is 0.197 e. The summed E-state index contributed by atoms with van der Waals surface area (Å²) in [5.41, 5.74) is 0.498. The van der Waals surface area contributed by atoms with Gasteiger partial charge in [-0.05, 0) is 20.3 Å². The van der Waals surface area contributed by atoms with Crippen LogP contribution in [-0.2, 0) is 15.3 Å². The maximum Gasteiger partial charge on any atom is 0.197 e. The Morgan fingerprint density at radius 2 is 1.81 bits per heavy atom. The third-order valence-electron chi connectivity index (χ3n) is 6.80. The zero-order valence-electron chi connectivity index (χ0n) is 17.7. The first kappa shape index (κ1) is 22.6. The summed E-state index contributed by atoms with van der Waals surface area (Å²) in [7, 11) is 0. The first-order valence-corrected chi connectivity index (χ1v) is 10.9. The van der Waals surface area contributed by atoms with Crippen LogP contribution >= 0.6 is 0 Å². The Morgan fingerprint density at radius 1 is 1.10 bits per heavy atom. The molecule has 9 nitrogen and oxygen atoms in total. The summed E-state index contributed by atoms with van der Waals surface area (Å²) in [4.78, 5) is 6.08. The molecule has 0 aromatic heterocycles. The van der Waals surface area contributed by atoms with Crippen molar-refractivity contribution in [1.29, 1.82) is 0 Å². The predicted octanol–water partition coefficient (Wildman–Crippen LogP) is -0.452. The number of ether oxygens (including phenoxy) is 2. The van der Waals surface area contributed by atoms with E-state index < -0.39 is 60.5 Å². The zero-order chi connectivity index (χ0) is 22.3. The van der Waals surface area contributed by atoms with Gasteiger partial charge in [0, 0.05) is 24.5 Å². The molecule has 9 heteroatoms. The topological polar surface area (TPSA) is 135 Å². The van der Waals surface area contributed by atoms with Gasteiger partial charge in [0.2, 0.25) is 0 Å². The summed E-state index contributed by atoms with van der Waals surface area (Å²) in [6.45, 7) is 3.65.